The minimum absolute atomic E-state index is 0.230. The molecule has 27 heavy (non-hydrogen) atoms. The smallest absolute Gasteiger partial charge is 0.242 e. The average Bonchev–Trinajstić information content (AvgIpc) is 2.78. The highest BCUT2D eigenvalue weighted by atomic mass is 28.4. The predicted molar refractivity (Wildman–Crippen MR) is 116 cm³/mol. The third-order valence-electron chi connectivity index (χ3n) is 6.66. The summed E-state index contributed by atoms with van der Waals surface area (Å²) in [7, 11) is -1.58. The molecule has 2 aliphatic rings. The van der Waals surface area contributed by atoms with Gasteiger partial charge in [-0.1, -0.05) is 50.2 Å². The van der Waals surface area contributed by atoms with Gasteiger partial charge in [-0.05, 0) is 67.2 Å². The molecule has 0 N–H and O–H groups in total. The largest absolute Gasteiger partial charge is 0.544 e. The van der Waals surface area contributed by atoms with Crippen molar-refractivity contribution in [3.63, 3.8) is 0 Å². The molecule has 1 saturated heterocycles. The van der Waals surface area contributed by atoms with Crippen molar-refractivity contribution < 1.29 is 4.43 Å². The molecule has 0 radical (unpaired) electrons. The van der Waals surface area contributed by atoms with Crippen LogP contribution in [0.5, 0.6) is 5.75 Å². The van der Waals surface area contributed by atoms with Gasteiger partial charge in [0.05, 0.1) is 0 Å². The summed E-state index contributed by atoms with van der Waals surface area (Å²) in [6, 6.07) is 18.5. The first-order valence-corrected chi connectivity index (χ1v) is 13.8. The summed E-state index contributed by atoms with van der Waals surface area (Å²) < 4.78 is 6.31. The van der Waals surface area contributed by atoms with Crippen LogP contribution in [-0.4, -0.2) is 32.3 Å². The molecule has 1 fully saturated rings. The topological polar surface area (TPSA) is 12.5 Å². The fraction of sp³-hybridized carbons (Fsp3) is 0.500. The number of rotatable bonds is 5. The zero-order chi connectivity index (χ0) is 19.2. The summed E-state index contributed by atoms with van der Waals surface area (Å²) >= 11 is 0. The van der Waals surface area contributed by atoms with Crippen molar-refractivity contribution >= 4 is 8.32 Å². The van der Waals surface area contributed by atoms with E-state index in [1.54, 1.807) is 0 Å². The van der Waals surface area contributed by atoms with Crippen molar-refractivity contribution in [1.82, 2.24) is 4.90 Å². The van der Waals surface area contributed by atoms with Crippen molar-refractivity contribution in [2.75, 3.05) is 13.1 Å². The maximum Gasteiger partial charge on any atom is 0.242 e. The van der Waals surface area contributed by atoms with Gasteiger partial charge in [0, 0.05) is 24.5 Å². The third-order valence-corrected chi connectivity index (χ3v) is 7.51. The summed E-state index contributed by atoms with van der Waals surface area (Å²) in [6.07, 6.45) is 2.31. The summed E-state index contributed by atoms with van der Waals surface area (Å²) in [6.45, 7) is 14.0. The van der Waals surface area contributed by atoms with Crippen LogP contribution in [0.2, 0.25) is 19.6 Å². The van der Waals surface area contributed by atoms with Gasteiger partial charge in [-0.3, -0.25) is 4.90 Å². The second kappa shape index (κ2) is 6.79. The molecule has 2 aromatic rings. The van der Waals surface area contributed by atoms with Gasteiger partial charge >= 0.3 is 0 Å². The Hall–Kier alpha value is -1.58. The minimum Gasteiger partial charge on any atom is -0.544 e. The van der Waals surface area contributed by atoms with Gasteiger partial charge in [-0.25, -0.2) is 0 Å². The fourth-order valence-electron chi connectivity index (χ4n) is 5.13. The number of nitrogens with zero attached hydrogens (tertiary/aromatic N) is 1. The van der Waals surface area contributed by atoms with E-state index in [1.165, 1.54) is 23.1 Å². The Morgan fingerprint density at radius 3 is 2.56 bits per heavy atom. The lowest BCUT2D eigenvalue weighted by Crippen LogP contribution is -2.39. The molecule has 144 valence electrons. The molecule has 1 aliphatic carbocycles. The number of fused-ring (bicyclic) bond motifs is 4. The summed E-state index contributed by atoms with van der Waals surface area (Å²) in [5, 5.41) is 0. The monoisotopic (exact) mass is 379 g/mol. The van der Waals surface area contributed by atoms with Gasteiger partial charge < -0.3 is 4.43 Å². The van der Waals surface area contributed by atoms with Crippen molar-refractivity contribution in [3.8, 4) is 5.75 Å². The van der Waals surface area contributed by atoms with Crippen molar-refractivity contribution in [2.45, 2.75) is 57.8 Å². The van der Waals surface area contributed by atoms with Crippen LogP contribution in [0.3, 0.4) is 0 Å². The fourth-order valence-corrected chi connectivity index (χ4v) is 5.96. The molecule has 3 heteroatoms. The van der Waals surface area contributed by atoms with Gasteiger partial charge in [0.25, 0.3) is 0 Å². The van der Waals surface area contributed by atoms with E-state index in [9.17, 15) is 0 Å². The third kappa shape index (κ3) is 3.60. The first kappa shape index (κ1) is 18.8. The van der Waals surface area contributed by atoms with Gasteiger partial charge in [0.1, 0.15) is 5.75 Å². The molecule has 2 nitrogen and oxygen atoms in total. The highest BCUT2D eigenvalue weighted by molar-refractivity contribution is 6.70. The Morgan fingerprint density at radius 1 is 1.11 bits per heavy atom. The van der Waals surface area contributed by atoms with Crippen LogP contribution < -0.4 is 4.43 Å². The average molecular weight is 380 g/mol. The van der Waals surface area contributed by atoms with Gasteiger partial charge in [-0.2, -0.15) is 0 Å². The molecule has 1 heterocycles. The van der Waals surface area contributed by atoms with E-state index in [-0.39, 0.29) is 5.41 Å². The molecule has 0 saturated carbocycles. The number of hydrogen-bond acceptors (Lipinski definition) is 2. The van der Waals surface area contributed by atoms with E-state index in [0.717, 1.165) is 25.3 Å². The van der Waals surface area contributed by atoms with Crippen LogP contribution in [0.15, 0.2) is 48.5 Å². The Morgan fingerprint density at radius 2 is 1.85 bits per heavy atom. The maximum absolute atomic E-state index is 6.31. The quantitative estimate of drug-likeness (QED) is 0.656. The van der Waals surface area contributed by atoms with E-state index in [2.05, 4.69) is 86.9 Å². The molecule has 0 amide bonds. The summed E-state index contributed by atoms with van der Waals surface area (Å²) in [5.41, 5.74) is 4.74. The molecule has 3 atom stereocenters. The number of likely N-dealkylation sites (tertiary alicyclic amines) is 1. The first-order chi connectivity index (χ1) is 12.8. The molecule has 0 spiro atoms. The highest BCUT2D eigenvalue weighted by Gasteiger charge is 2.51. The minimum atomic E-state index is -1.58. The lowest BCUT2D eigenvalue weighted by molar-refractivity contribution is 0.230. The van der Waals surface area contributed by atoms with Crippen molar-refractivity contribution in [3.05, 3.63) is 65.2 Å². The van der Waals surface area contributed by atoms with Crippen LogP contribution in [0.25, 0.3) is 0 Å². The molecule has 0 aromatic heterocycles. The second-order valence-electron chi connectivity index (χ2n) is 9.72. The first-order valence-electron chi connectivity index (χ1n) is 10.4. The van der Waals surface area contributed by atoms with Crippen LogP contribution >= 0.6 is 0 Å². The number of benzene rings is 2. The lowest BCUT2D eigenvalue weighted by atomic mass is 9.66. The SMILES string of the molecule is CC1C2Cc3ccc(O[Si](C)(C)C)cc3C1(C)CN2CCc1ccccc1. The van der Waals surface area contributed by atoms with Crippen LogP contribution in [0, 0.1) is 5.92 Å². The van der Waals surface area contributed by atoms with Crippen LogP contribution in [-0.2, 0) is 18.3 Å². The maximum atomic E-state index is 6.31. The molecule has 2 aromatic carbocycles. The zero-order valence-electron chi connectivity index (χ0n) is 17.5. The summed E-state index contributed by atoms with van der Waals surface area (Å²) in [4.78, 5) is 2.75. The molecule has 2 bridgehead atoms. The Kier molecular flexibility index (Phi) is 4.72. The molecular formula is C24H33NOSi. The molecule has 4 rings (SSSR count). The van der Waals surface area contributed by atoms with E-state index in [1.807, 2.05) is 0 Å². The predicted octanol–water partition coefficient (Wildman–Crippen LogP) is 5.28. The van der Waals surface area contributed by atoms with Gasteiger partial charge in [-0.15, -0.1) is 0 Å². The van der Waals surface area contributed by atoms with E-state index in [0.29, 0.717) is 12.0 Å². The Balaban J connectivity index is 1.56. The van der Waals surface area contributed by atoms with Crippen molar-refractivity contribution in [1.29, 1.82) is 0 Å². The molecule has 3 unspecified atom stereocenters. The lowest BCUT2D eigenvalue weighted by Gasteiger charge is -2.38. The van der Waals surface area contributed by atoms with E-state index >= 15 is 0 Å². The zero-order valence-corrected chi connectivity index (χ0v) is 18.5. The highest BCUT2D eigenvalue weighted by Crippen LogP contribution is 2.49. The Bertz CT molecular complexity index is 813. The van der Waals surface area contributed by atoms with Gasteiger partial charge in [0.15, 0.2) is 0 Å². The summed E-state index contributed by atoms with van der Waals surface area (Å²) in [5.74, 6) is 1.76. The van der Waals surface area contributed by atoms with Crippen molar-refractivity contribution in [2.24, 2.45) is 5.92 Å². The van der Waals surface area contributed by atoms with Crippen LogP contribution in [0.1, 0.15) is 30.5 Å². The number of hydrogen-bond donors (Lipinski definition) is 0. The van der Waals surface area contributed by atoms with E-state index < -0.39 is 8.32 Å². The second-order valence-corrected chi connectivity index (χ2v) is 14.1. The van der Waals surface area contributed by atoms with Crippen LogP contribution in [0.4, 0.5) is 0 Å². The van der Waals surface area contributed by atoms with Gasteiger partial charge in [0.2, 0.25) is 8.32 Å². The molecule has 1 aliphatic heterocycles. The van der Waals surface area contributed by atoms with E-state index in [4.69, 9.17) is 4.43 Å². The normalized spacial score (nSPS) is 27.4. The standard InChI is InChI=1S/C24H33NOSi/c1-18-23-15-20-11-12-21(26-27(3,4)5)16-22(20)24(18,2)17-25(23)14-13-19-9-7-6-8-10-19/h6-12,16,18,23H,13-15,17H2,1-5H3. The molecular weight excluding hydrogens is 346 g/mol. The Labute approximate surface area is 165 Å².